The van der Waals surface area contributed by atoms with Crippen molar-refractivity contribution in [2.24, 2.45) is 17.6 Å². The standard InChI is InChI=1S/C27H37ClN4O3/c1-16(2)23(31-27(34)19-7-5-17(3)6-8-19)15-32-11-9-18(10-12-32)25(30)26(33)20-13-21(28)22(29)14-24(20)35-4/h5-8,13-14,16,18,23,25H,9-12,15,29-30H2,1-4H3,(H,31,34). The first kappa shape index (κ1) is 27.0. The molecular weight excluding hydrogens is 464 g/mol. The number of ketones is 1. The predicted molar refractivity (Wildman–Crippen MR) is 141 cm³/mol. The summed E-state index contributed by atoms with van der Waals surface area (Å²) in [5.74, 6) is 0.483. The van der Waals surface area contributed by atoms with Crippen LogP contribution in [0.3, 0.4) is 0 Å². The fourth-order valence-corrected chi connectivity index (χ4v) is 4.64. The molecule has 2 unspecified atom stereocenters. The number of halogens is 1. The van der Waals surface area contributed by atoms with Crippen molar-refractivity contribution in [2.45, 2.75) is 45.7 Å². The monoisotopic (exact) mass is 500 g/mol. The molecule has 3 rings (SSSR count). The summed E-state index contributed by atoms with van der Waals surface area (Å²) < 4.78 is 5.33. The summed E-state index contributed by atoms with van der Waals surface area (Å²) in [4.78, 5) is 28.2. The van der Waals surface area contributed by atoms with Gasteiger partial charge in [0, 0.05) is 24.2 Å². The van der Waals surface area contributed by atoms with Crippen molar-refractivity contribution in [2.75, 3.05) is 32.5 Å². The van der Waals surface area contributed by atoms with E-state index in [1.165, 1.54) is 13.2 Å². The molecule has 0 spiro atoms. The van der Waals surface area contributed by atoms with Crippen LogP contribution in [0.15, 0.2) is 36.4 Å². The molecule has 1 aliphatic rings. The van der Waals surface area contributed by atoms with Crippen LogP contribution in [0.4, 0.5) is 5.69 Å². The van der Waals surface area contributed by atoms with Crippen LogP contribution < -0.4 is 21.5 Å². The van der Waals surface area contributed by atoms with E-state index in [-0.39, 0.29) is 29.6 Å². The highest BCUT2D eigenvalue weighted by Crippen LogP contribution is 2.31. The number of likely N-dealkylation sites (tertiary alicyclic amines) is 1. The minimum atomic E-state index is -0.645. The Morgan fingerprint density at radius 1 is 1.17 bits per heavy atom. The zero-order chi connectivity index (χ0) is 25.7. The fraction of sp³-hybridized carbons (Fsp3) is 0.481. The quantitative estimate of drug-likeness (QED) is 0.355. The molecule has 1 aliphatic heterocycles. The molecule has 8 heteroatoms. The highest BCUT2D eigenvalue weighted by atomic mass is 35.5. The molecule has 1 amide bonds. The first-order chi connectivity index (χ1) is 16.6. The number of ether oxygens (including phenoxy) is 1. The maximum absolute atomic E-state index is 13.1. The number of piperidine rings is 1. The average molecular weight is 501 g/mol. The van der Waals surface area contributed by atoms with Crippen molar-refractivity contribution >= 4 is 29.0 Å². The molecule has 35 heavy (non-hydrogen) atoms. The molecule has 5 N–H and O–H groups in total. The van der Waals surface area contributed by atoms with Crippen LogP contribution in [0.5, 0.6) is 5.75 Å². The van der Waals surface area contributed by atoms with E-state index in [0.29, 0.717) is 27.6 Å². The third-order valence-corrected chi connectivity index (χ3v) is 7.24. The van der Waals surface area contributed by atoms with Gasteiger partial charge in [-0.2, -0.15) is 0 Å². The van der Waals surface area contributed by atoms with Gasteiger partial charge in [0.25, 0.3) is 5.91 Å². The van der Waals surface area contributed by atoms with E-state index in [2.05, 4.69) is 24.1 Å². The van der Waals surface area contributed by atoms with Gasteiger partial charge in [-0.3, -0.25) is 9.59 Å². The van der Waals surface area contributed by atoms with Crippen LogP contribution in [-0.4, -0.2) is 55.4 Å². The van der Waals surface area contributed by atoms with Crippen LogP contribution in [-0.2, 0) is 0 Å². The van der Waals surface area contributed by atoms with Crippen molar-refractivity contribution < 1.29 is 14.3 Å². The predicted octanol–water partition coefficient (Wildman–Crippen LogP) is 3.92. The molecular formula is C27H37ClN4O3. The lowest BCUT2D eigenvalue weighted by molar-refractivity contribution is 0.0837. The number of aryl methyl sites for hydroxylation is 1. The number of nitrogens with one attached hydrogen (secondary N) is 1. The van der Waals surface area contributed by atoms with Crippen LogP contribution >= 0.6 is 11.6 Å². The van der Waals surface area contributed by atoms with Crippen molar-refractivity contribution in [1.29, 1.82) is 0 Å². The van der Waals surface area contributed by atoms with Crippen molar-refractivity contribution in [3.63, 3.8) is 0 Å². The van der Waals surface area contributed by atoms with Crippen LogP contribution in [0.2, 0.25) is 5.02 Å². The molecule has 0 radical (unpaired) electrons. The van der Waals surface area contributed by atoms with E-state index < -0.39 is 6.04 Å². The normalized spacial score (nSPS) is 16.7. The van der Waals surface area contributed by atoms with E-state index in [1.807, 2.05) is 31.2 Å². The second-order valence-electron chi connectivity index (χ2n) is 9.79. The van der Waals surface area contributed by atoms with Gasteiger partial charge in [0.05, 0.1) is 29.4 Å². The molecule has 1 heterocycles. The highest BCUT2D eigenvalue weighted by Gasteiger charge is 2.32. The number of nitrogens with zero attached hydrogens (tertiary/aromatic N) is 1. The second-order valence-corrected chi connectivity index (χ2v) is 10.2. The molecule has 1 saturated heterocycles. The van der Waals surface area contributed by atoms with Crippen LogP contribution in [0, 0.1) is 18.8 Å². The number of nitrogen functional groups attached to an aromatic ring is 1. The minimum Gasteiger partial charge on any atom is -0.496 e. The minimum absolute atomic E-state index is 0.0249. The summed E-state index contributed by atoms with van der Waals surface area (Å²) in [6.45, 7) is 8.62. The van der Waals surface area contributed by atoms with E-state index in [1.54, 1.807) is 6.07 Å². The van der Waals surface area contributed by atoms with Gasteiger partial charge in [0.1, 0.15) is 5.75 Å². The summed E-state index contributed by atoms with van der Waals surface area (Å²) in [6.07, 6.45) is 1.60. The molecule has 7 nitrogen and oxygen atoms in total. The Labute approximate surface area is 213 Å². The van der Waals surface area contributed by atoms with Crippen molar-refractivity contribution in [3.8, 4) is 5.75 Å². The summed E-state index contributed by atoms with van der Waals surface area (Å²) in [5, 5.41) is 3.51. The Kier molecular flexibility index (Phi) is 9.16. The number of hydrogen-bond acceptors (Lipinski definition) is 6. The van der Waals surface area contributed by atoms with Crippen molar-refractivity contribution in [1.82, 2.24) is 10.2 Å². The number of Topliss-reactive ketones (excluding diaryl/α,β-unsaturated/α-hetero) is 1. The van der Waals surface area contributed by atoms with Crippen LogP contribution in [0.25, 0.3) is 0 Å². The Hall–Kier alpha value is -2.61. The van der Waals surface area contributed by atoms with Gasteiger partial charge in [-0.15, -0.1) is 0 Å². The number of methoxy groups -OCH3 is 1. The van der Waals surface area contributed by atoms with E-state index in [0.717, 1.165) is 38.0 Å². The van der Waals surface area contributed by atoms with Gasteiger partial charge in [0.15, 0.2) is 5.78 Å². The van der Waals surface area contributed by atoms with Gasteiger partial charge in [0.2, 0.25) is 0 Å². The highest BCUT2D eigenvalue weighted by molar-refractivity contribution is 6.33. The zero-order valence-corrected chi connectivity index (χ0v) is 21.8. The number of anilines is 1. The molecule has 0 bridgehead atoms. The Morgan fingerprint density at radius 2 is 1.80 bits per heavy atom. The third-order valence-electron chi connectivity index (χ3n) is 6.92. The van der Waals surface area contributed by atoms with Crippen LogP contribution in [0.1, 0.15) is 53.0 Å². The zero-order valence-electron chi connectivity index (χ0n) is 21.0. The molecule has 0 saturated carbocycles. The topological polar surface area (TPSA) is 111 Å². The smallest absolute Gasteiger partial charge is 0.251 e. The van der Waals surface area contributed by atoms with E-state index in [4.69, 9.17) is 27.8 Å². The SMILES string of the molecule is COc1cc(N)c(Cl)cc1C(=O)C(N)C1CCN(CC(NC(=O)c2ccc(C)cc2)C(C)C)CC1. The molecule has 190 valence electrons. The lowest BCUT2D eigenvalue weighted by Gasteiger charge is -2.37. The van der Waals surface area contributed by atoms with Crippen molar-refractivity contribution in [3.05, 3.63) is 58.1 Å². The second kappa shape index (κ2) is 11.9. The number of hydrogen-bond donors (Lipinski definition) is 3. The number of benzene rings is 2. The largest absolute Gasteiger partial charge is 0.496 e. The first-order valence-electron chi connectivity index (χ1n) is 12.1. The number of carbonyl (C=O) groups is 2. The Balaban J connectivity index is 1.58. The Morgan fingerprint density at radius 3 is 2.37 bits per heavy atom. The fourth-order valence-electron chi connectivity index (χ4n) is 4.48. The Bertz CT molecular complexity index is 1030. The van der Waals surface area contributed by atoms with E-state index >= 15 is 0 Å². The third kappa shape index (κ3) is 6.75. The summed E-state index contributed by atoms with van der Waals surface area (Å²) in [5.41, 5.74) is 14.8. The molecule has 1 fully saturated rings. The van der Waals surface area contributed by atoms with Gasteiger partial charge >= 0.3 is 0 Å². The number of nitrogens with two attached hydrogens (primary N) is 2. The molecule has 2 aromatic carbocycles. The lowest BCUT2D eigenvalue weighted by atomic mass is 9.85. The molecule has 2 aromatic rings. The van der Waals surface area contributed by atoms with Gasteiger partial charge < -0.3 is 26.4 Å². The van der Waals surface area contributed by atoms with Gasteiger partial charge in [-0.25, -0.2) is 0 Å². The number of carbonyl (C=O) groups excluding carboxylic acids is 2. The average Bonchev–Trinajstić information content (AvgIpc) is 2.84. The van der Waals surface area contributed by atoms with Gasteiger partial charge in [-0.1, -0.05) is 43.1 Å². The first-order valence-corrected chi connectivity index (χ1v) is 12.5. The number of rotatable bonds is 9. The molecule has 2 atom stereocenters. The van der Waals surface area contributed by atoms with E-state index in [9.17, 15) is 9.59 Å². The number of amides is 1. The summed E-state index contributed by atoms with van der Waals surface area (Å²) in [7, 11) is 1.49. The maximum atomic E-state index is 13.1. The van der Waals surface area contributed by atoms with Gasteiger partial charge in [-0.05, 0) is 62.9 Å². The molecule has 0 aromatic heterocycles. The summed E-state index contributed by atoms with van der Waals surface area (Å²) in [6, 6.07) is 10.1. The molecule has 0 aliphatic carbocycles. The lowest BCUT2D eigenvalue weighted by Crippen LogP contribution is -2.50. The summed E-state index contributed by atoms with van der Waals surface area (Å²) >= 11 is 6.14. The maximum Gasteiger partial charge on any atom is 0.251 e.